The van der Waals surface area contributed by atoms with Gasteiger partial charge in [-0.3, -0.25) is 5.43 Å². The molecule has 1 aromatic carbocycles. The summed E-state index contributed by atoms with van der Waals surface area (Å²) in [7, 11) is 0. The van der Waals surface area contributed by atoms with Crippen LogP contribution in [0.15, 0.2) is 35.4 Å². The molecule has 2 aromatic heterocycles. The van der Waals surface area contributed by atoms with E-state index >= 15 is 0 Å². The second-order valence-electron chi connectivity index (χ2n) is 6.99. The minimum absolute atomic E-state index is 0.229. The fourth-order valence-electron chi connectivity index (χ4n) is 3.84. The van der Waals surface area contributed by atoms with Crippen LogP contribution in [-0.4, -0.2) is 23.3 Å². The number of thiophene rings is 1. The van der Waals surface area contributed by atoms with Crippen LogP contribution < -0.4 is 5.43 Å². The molecule has 0 spiro atoms. The number of carbonyl (C=O) groups is 1. The molecule has 0 radical (unpaired) electrons. The maximum absolute atomic E-state index is 12.7. The van der Waals surface area contributed by atoms with E-state index in [4.69, 9.17) is 20.2 Å². The van der Waals surface area contributed by atoms with Crippen molar-refractivity contribution in [2.24, 2.45) is 5.10 Å². The Morgan fingerprint density at radius 3 is 2.68 bits per heavy atom. The number of anilines is 1. The highest BCUT2D eigenvalue weighted by Crippen LogP contribution is 2.45. The topological polar surface area (TPSA) is 111 Å². The van der Waals surface area contributed by atoms with Crippen molar-refractivity contribution in [1.29, 1.82) is 10.5 Å². The Kier molecular flexibility index (Phi) is 5.92. The van der Waals surface area contributed by atoms with Gasteiger partial charge in [0, 0.05) is 11.1 Å². The van der Waals surface area contributed by atoms with Crippen molar-refractivity contribution in [3.8, 4) is 23.3 Å². The minimum Gasteiger partial charge on any atom is -0.462 e. The molecule has 1 aliphatic carbocycles. The van der Waals surface area contributed by atoms with E-state index in [-0.39, 0.29) is 12.3 Å². The number of nitrogens with one attached hydrogen (secondary N) is 1. The van der Waals surface area contributed by atoms with E-state index in [1.165, 1.54) is 16.9 Å². The molecule has 0 atom stereocenters. The second kappa shape index (κ2) is 8.95. The first-order valence-electron chi connectivity index (χ1n) is 10.0. The highest BCUT2D eigenvalue weighted by molar-refractivity contribution is 7.21. The number of esters is 1. The van der Waals surface area contributed by atoms with Gasteiger partial charge in [-0.05, 0) is 49.3 Å². The van der Waals surface area contributed by atoms with Crippen LogP contribution in [0, 0.1) is 22.7 Å². The number of nitrogens with zero attached hydrogens (tertiary/aromatic N) is 4. The average molecular weight is 430 g/mol. The van der Waals surface area contributed by atoms with E-state index in [1.807, 2.05) is 30.3 Å². The summed E-state index contributed by atoms with van der Waals surface area (Å²) in [4.78, 5) is 18.6. The number of hydrazone groups is 1. The van der Waals surface area contributed by atoms with Gasteiger partial charge in [-0.1, -0.05) is 30.3 Å². The molecule has 154 valence electrons. The van der Waals surface area contributed by atoms with Crippen molar-refractivity contribution >= 4 is 38.9 Å². The number of ether oxygens (including phenoxy) is 1. The molecule has 3 aromatic rings. The molecule has 0 saturated heterocycles. The van der Waals surface area contributed by atoms with E-state index in [0.717, 1.165) is 47.9 Å². The van der Waals surface area contributed by atoms with Crippen molar-refractivity contribution in [3.05, 3.63) is 46.5 Å². The number of nitriles is 2. The molecule has 31 heavy (non-hydrogen) atoms. The fraction of sp³-hybridized carbons (Fsp3) is 0.261. The zero-order chi connectivity index (χ0) is 21.8. The first-order valence-corrected chi connectivity index (χ1v) is 10.8. The number of carbonyl (C=O) groups excluding carboxylic acids is 1. The lowest BCUT2D eigenvalue weighted by Gasteiger charge is -2.20. The largest absolute Gasteiger partial charge is 0.462 e. The van der Waals surface area contributed by atoms with Crippen LogP contribution >= 0.6 is 11.3 Å². The molecule has 0 aliphatic heterocycles. The number of hydrogen-bond acceptors (Lipinski definition) is 8. The lowest BCUT2D eigenvalue weighted by molar-refractivity contribution is 0.0533. The zero-order valence-electron chi connectivity index (χ0n) is 16.9. The van der Waals surface area contributed by atoms with E-state index in [2.05, 4.69) is 10.5 Å². The van der Waals surface area contributed by atoms with E-state index in [0.29, 0.717) is 15.4 Å². The van der Waals surface area contributed by atoms with Gasteiger partial charge < -0.3 is 4.74 Å². The summed E-state index contributed by atoms with van der Waals surface area (Å²) in [6.45, 7) is 1.97. The van der Waals surface area contributed by atoms with Crippen LogP contribution in [0.2, 0.25) is 0 Å². The molecule has 2 heterocycles. The monoisotopic (exact) mass is 429 g/mol. The maximum Gasteiger partial charge on any atom is 0.350 e. The van der Waals surface area contributed by atoms with Gasteiger partial charge in [0.05, 0.1) is 12.3 Å². The third-order valence-electron chi connectivity index (χ3n) is 5.13. The third kappa shape index (κ3) is 3.86. The Bertz CT molecular complexity index is 1250. The number of hydrogen-bond donors (Lipinski definition) is 1. The van der Waals surface area contributed by atoms with Gasteiger partial charge in [0.2, 0.25) is 5.71 Å². The average Bonchev–Trinajstić information content (AvgIpc) is 3.17. The highest BCUT2D eigenvalue weighted by Gasteiger charge is 2.27. The van der Waals surface area contributed by atoms with Crippen LogP contribution in [0.3, 0.4) is 0 Å². The summed E-state index contributed by atoms with van der Waals surface area (Å²) < 4.78 is 5.25. The van der Waals surface area contributed by atoms with Gasteiger partial charge >= 0.3 is 5.97 Å². The molecule has 0 fully saturated rings. The minimum atomic E-state index is -0.490. The second-order valence-corrected chi connectivity index (χ2v) is 7.99. The van der Waals surface area contributed by atoms with Gasteiger partial charge in [-0.2, -0.15) is 15.6 Å². The molecule has 0 saturated carbocycles. The zero-order valence-corrected chi connectivity index (χ0v) is 17.8. The van der Waals surface area contributed by atoms with E-state index in [1.54, 1.807) is 19.1 Å². The van der Waals surface area contributed by atoms with Crippen molar-refractivity contribution in [2.45, 2.75) is 32.6 Å². The van der Waals surface area contributed by atoms with Crippen LogP contribution in [0.5, 0.6) is 0 Å². The van der Waals surface area contributed by atoms with Gasteiger partial charge in [0.15, 0.2) is 0 Å². The molecule has 4 rings (SSSR count). The summed E-state index contributed by atoms with van der Waals surface area (Å²) in [6, 6.07) is 13.4. The van der Waals surface area contributed by atoms with Crippen molar-refractivity contribution in [2.75, 3.05) is 12.0 Å². The van der Waals surface area contributed by atoms with Crippen LogP contribution in [-0.2, 0) is 17.6 Å². The summed E-state index contributed by atoms with van der Waals surface area (Å²) in [5.74, 6) is -0.490. The molecule has 1 aliphatic rings. The predicted molar refractivity (Wildman–Crippen MR) is 120 cm³/mol. The first kappa shape index (κ1) is 20.5. The number of benzene rings is 1. The molecule has 0 unspecified atom stereocenters. The number of pyridine rings is 1. The van der Waals surface area contributed by atoms with Crippen molar-refractivity contribution in [3.63, 3.8) is 0 Å². The molecule has 1 N–H and O–H groups in total. The molecule has 0 bridgehead atoms. The van der Waals surface area contributed by atoms with Gasteiger partial charge in [-0.25, -0.2) is 9.78 Å². The number of aromatic nitrogens is 1. The van der Waals surface area contributed by atoms with Crippen LogP contribution in [0.4, 0.5) is 5.69 Å². The first-order chi connectivity index (χ1) is 15.2. The smallest absolute Gasteiger partial charge is 0.350 e. The SMILES string of the molecule is CCOC(=O)c1sc2nc3c(c(-c4ccccc4)c2c1NN=C(C#N)C#N)CCCC3. The van der Waals surface area contributed by atoms with Gasteiger partial charge in [0.25, 0.3) is 0 Å². The van der Waals surface area contributed by atoms with E-state index < -0.39 is 5.97 Å². The Hall–Kier alpha value is -3.75. The maximum atomic E-state index is 12.7. The lowest BCUT2D eigenvalue weighted by atomic mass is 9.87. The quantitative estimate of drug-likeness (QED) is 0.353. The normalized spacial score (nSPS) is 12.4. The van der Waals surface area contributed by atoms with Crippen LogP contribution in [0.25, 0.3) is 21.3 Å². The Morgan fingerprint density at radius 2 is 1.97 bits per heavy atom. The molecule has 7 nitrogen and oxygen atoms in total. The number of fused-ring (bicyclic) bond motifs is 2. The lowest BCUT2D eigenvalue weighted by Crippen LogP contribution is -2.08. The van der Waals surface area contributed by atoms with Gasteiger partial charge in [0.1, 0.15) is 21.8 Å². The fourth-order valence-corrected chi connectivity index (χ4v) is 4.89. The van der Waals surface area contributed by atoms with E-state index in [9.17, 15) is 4.79 Å². The Balaban J connectivity index is 2.05. The predicted octanol–water partition coefficient (Wildman–Crippen LogP) is 4.83. The summed E-state index contributed by atoms with van der Waals surface area (Å²) in [6.07, 6.45) is 3.95. The Morgan fingerprint density at radius 1 is 1.23 bits per heavy atom. The number of aryl methyl sites for hydroxylation is 1. The van der Waals surface area contributed by atoms with Crippen molar-refractivity contribution in [1.82, 2.24) is 4.98 Å². The van der Waals surface area contributed by atoms with Crippen LogP contribution in [0.1, 0.15) is 40.7 Å². The molecule has 0 amide bonds. The molecular weight excluding hydrogens is 410 g/mol. The van der Waals surface area contributed by atoms with Gasteiger partial charge in [-0.15, -0.1) is 11.3 Å². The summed E-state index contributed by atoms with van der Waals surface area (Å²) >= 11 is 1.24. The highest BCUT2D eigenvalue weighted by atomic mass is 32.1. The summed E-state index contributed by atoms with van der Waals surface area (Å²) in [5, 5.41) is 22.8. The number of rotatable bonds is 5. The summed E-state index contributed by atoms with van der Waals surface area (Å²) in [5.41, 5.74) is 7.16. The third-order valence-corrected chi connectivity index (χ3v) is 6.19. The van der Waals surface area contributed by atoms with Crippen molar-refractivity contribution < 1.29 is 9.53 Å². The molecular formula is C23H19N5O2S. The standard InChI is InChI=1S/C23H19N5O2S/c1-2-30-23(29)21-20(28-27-15(12-24)13-25)19-18(14-8-4-3-5-9-14)16-10-6-7-11-17(16)26-22(19)31-21/h3-5,8-9,28H,2,6-7,10-11H2,1H3. The Labute approximate surface area is 183 Å². The molecule has 8 heteroatoms.